The number of allylic oxidation sites excluding steroid dienone is 4. The first-order chi connectivity index (χ1) is 4.70. The monoisotopic (exact) mass is 136 g/mol. The van der Waals surface area contributed by atoms with Crippen molar-refractivity contribution in [2.75, 3.05) is 0 Å². The standard InChI is InChI=1S/C9H9F/c1-4-6-8(3)7-9(10)5-2/h5,7H,2-3H2,1H3/b9-7+. The molecule has 0 nitrogen and oxygen atoms in total. The summed E-state index contributed by atoms with van der Waals surface area (Å²) in [4.78, 5) is 0. The molecule has 0 aliphatic heterocycles. The largest absolute Gasteiger partial charge is 0.207 e. The molecule has 0 aliphatic rings. The predicted molar refractivity (Wildman–Crippen MR) is 42.0 cm³/mol. The second kappa shape index (κ2) is 4.58. The Hall–Kier alpha value is -1.29. The Balaban J connectivity index is 4.22. The lowest BCUT2D eigenvalue weighted by Crippen LogP contribution is -1.69. The van der Waals surface area contributed by atoms with Gasteiger partial charge in [0, 0.05) is 5.57 Å². The van der Waals surface area contributed by atoms with Gasteiger partial charge in [0.15, 0.2) is 0 Å². The van der Waals surface area contributed by atoms with E-state index in [-0.39, 0.29) is 0 Å². The molecule has 0 spiro atoms. The van der Waals surface area contributed by atoms with Gasteiger partial charge in [-0.15, -0.1) is 5.92 Å². The van der Waals surface area contributed by atoms with Crippen molar-refractivity contribution in [1.82, 2.24) is 0 Å². The second-order valence-corrected chi connectivity index (χ2v) is 1.63. The maximum absolute atomic E-state index is 12.3. The van der Waals surface area contributed by atoms with Gasteiger partial charge in [-0.3, -0.25) is 0 Å². The lowest BCUT2D eigenvalue weighted by molar-refractivity contribution is 0.667. The van der Waals surface area contributed by atoms with Gasteiger partial charge < -0.3 is 0 Å². The summed E-state index contributed by atoms with van der Waals surface area (Å²) < 4.78 is 12.3. The predicted octanol–water partition coefficient (Wildman–Crippen LogP) is 2.61. The Bertz CT molecular complexity index is 223. The van der Waals surface area contributed by atoms with Crippen LogP contribution in [0.25, 0.3) is 0 Å². The molecule has 0 saturated carbocycles. The van der Waals surface area contributed by atoms with Crippen molar-refractivity contribution in [3.05, 3.63) is 36.7 Å². The zero-order valence-electron chi connectivity index (χ0n) is 5.95. The molecular weight excluding hydrogens is 127 g/mol. The highest BCUT2D eigenvalue weighted by molar-refractivity contribution is 5.37. The van der Waals surface area contributed by atoms with Gasteiger partial charge in [0.25, 0.3) is 0 Å². The van der Waals surface area contributed by atoms with Crippen molar-refractivity contribution in [1.29, 1.82) is 0 Å². The fourth-order valence-corrected chi connectivity index (χ4v) is 0.422. The smallest absolute Gasteiger partial charge is 0.123 e. The summed E-state index contributed by atoms with van der Waals surface area (Å²) >= 11 is 0. The van der Waals surface area contributed by atoms with Gasteiger partial charge in [0.05, 0.1) is 0 Å². The highest BCUT2D eigenvalue weighted by Crippen LogP contribution is 2.01. The molecule has 0 aromatic rings. The molecule has 10 heavy (non-hydrogen) atoms. The van der Waals surface area contributed by atoms with Crippen LogP contribution in [0.1, 0.15) is 6.92 Å². The van der Waals surface area contributed by atoms with Gasteiger partial charge in [-0.05, 0) is 19.1 Å². The maximum Gasteiger partial charge on any atom is 0.123 e. The summed E-state index contributed by atoms with van der Waals surface area (Å²) in [5.74, 6) is 4.79. The molecule has 52 valence electrons. The Labute approximate surface area is 60.8 Å². The van der Waals surface area contributed by atoms with E-state index in [4.69, 9.17) is 0 Å². The molecule has 0 amide bonds. The SMILES string of the molecule is C=C/C(F)=C\C(=C)C#CC. The van der Waals surface area contributed by atoms with E-state index in [9.17, 15) is 4.39 Å². The van der Waals surface area contributed by atoms with Gasteiger partial charge in [0.1, 0.15) is 5.83 Å². The van der Waals surface area contributed by atoms with Crippen molar-refractivity contribution < 1.29 is 4.39 Å². The summed E-state index contributed by atoms with van der Waals surface area (Å²) in [7, 11) is 0. The Morgan fingerprint density at radius 3 is 2.60 bits per heavy atom. The summed E-state index contributed by atoms with van der Waals surface area (Å²) in [6, 6.07) is 0. The van der Waals surface area contributed by atoms with Crippen LogP contribution in [0.15, 0.2) is 36.7 Å². The molecule has 0 saturated heterocycles. The van der Waals surface area contributed by atoms with Gasteiger partial charge in [-0.2, -0.15) is 0 Å². The third kappa shape index (κ3) is 3.68. The van der Waals surface area contributed by atoms with Gasteiger partial charge in [0.2, 0.25) is 0 Å². The minimum Gasteiger partial charge on any atom is -0.207 e. The zero-order chi connectivity index (χ0) is 7.98. The molecule has 0 unspecified atom stereocenters. The topological polar surface area (TPSA) is 0 Å². The van der Waals surface area contributed by atoms with E-state index in [2.05, 4.69) is 25.0 Å². The van der Waals surface area contributed by atoms with Crippen LogP contribution in [0, 0.1) is 11.8 Å². The minimum atomic E-state index is -0.409. The molecule has 0 heterocycles. The third-order valence-electron chi connectivity index (χ3n) is 0.793. The quantitative estimate of drug-likeness (QED) is 0.404. The molecule has 0 aromatic carbocycles. The van der Waals surface area contributed by atoms with E-state index in [0.717, 1.165) is 6.08 Å². The second-order valence-electron chi connectivity index (χ2n) is 1.63. The summed E-state index contributed by atoms with van der Waals surface area (Å²) in [6.07, 6.45) is 2.35. The average Bonchev–Trinajstić information content (AvgIpc) is 1.88. The molecule has 0 aromatic heterocycles. The van der Waals surface area contributed by atoms with Crippen LogP contribution in [0.3, 0.4) is 0 Å². The lowest BCUT2D eigenvalue weighted by Gasteiger charge is -1.84. The first-order valence-corrected chi connectivity index (χ1v) is 2.82. The van der Waals surface area contributed by atoms with Crippen molar-refractivity contribution >= 4 is 0 Å². The normalized spacial score (nSPS) is 9.60. The van der Waals surface area contributed by atoms with E-state index in [0.29, 0.717) is 5.57 Å². The van der Waals surface area contributed by atoms with Crippen LogP contribution >= 0.6 is 0 Å². The first kappa shape index (κ1) is 8.71. The molecule has 0 rings (SSSR count). The number of halogens is 1. The lowest BCUT2D eigenvalue weighted by atomic mass is 10.3. The van der Waals surface area contributed by atoms with Gasteiger partial charge in [-0.25, -0.2) is 4.39 Å². The van der Waals surface area contributed by atoms with Crippen molar-refractivity contribution in [3.8, 4) is 11.8 Å². The molecule has 0 fully saturated rings. The van der Waals surface area contributed by atoms with E-state index >= 15 is 0 Å². The fourth-order valence-electron chi connectivity index (χ4n) is 0.422. The molecule has 0 radical (unpaired) electrons. The van der Waals surface area contributed by atoms with Crippen LogP contribution in [0.2, 0.25) is 0 Å². The molecule has 0 atom stereocenters. The zero-order valence-corrected chi connectivity index (χ0v) is 5.95. The molecule has 0 aliphatic carbocycles. The highest BCUT2D eigenvalue weighted by Gasteiger charge is 1.85. The van der Waals surface area contributed by atoms with Crippen molar-refractivity contribution in [2.24, 2.45) is 0 Å². The van der Waals surface area contributed by atoms with E-state index < -0.39 is 5.83 Å². The van der Waals surface area contributed by atoms with E-state index in [1.807, 2.05) is 0 Å². The number of rotatable bonds is 2. The highest BCUT2D eigenvalue weighted by atomic mass is 19.1. The van der Waals surface area contributed by atoms with Crippen LogP contribution in [0.5, 0.6) is 0 Å². The van der Waals surface area contributed by atoms with E-state index in [1.54, 1.807) is 6.92 Å². The van der Waals surface area contributed by atoms with Crippen LogP contribution in [-0.2, 0) is 0 Å². The Morgan fingerprint density at radius 2 is 2.20 bits per heavy atom. The molecular formula is C9H9F. The first-order valence-electron chi connectivity index (χ1n) is 2.82. The van der Waals surface area contributed by atoms with Crippen LogP contribution < -0.4 is 0 Å². The average molecular weight is 136 g/mol. The van der Waals surface area contributed by atoms with Gasteiger partial charge >= 0.3 is 0 Å². The van der Waals surface area contributed by atoms with Crippen molar-refractivity contribution in [2.45, 2.75) is 6.92 Å². The summed E-state index contributed by atoms with van der Waals surface area (Å²) in [6.45, 7) is 8.41. The number of hydrogen-bond acceptors (Lipinski definition) is 0. The minimum absolute atomic E-state index is 0.409. The Kier molecular flexibility index (Phi) is 3.99. The molecule has 1 heteroatoms. The molecule has 0 N–H and O–H groups in total. The molecule has 0 bridgehead atoms. The van der Waals surface area contributed by atoms with Crippen LogP contribution in [0.4, 0.5) is 4.39 Å². The number of hydrogen-bond donors (Lipinski definition) is 0. The summed E-state index contributed by atoms with van der Waals surface area (Å²) in [5.41, 5.74) is 0.458. The van der Waals surface area contributed by atoms with Gasteiger partial charge in [-0.1, -0.05) is 19.1 Å². The fraction of sp³-hybridized carbons (Fsp3) is 0.111. The maximum atomic E-state index is 12.3. The van der Waals surface area contributed by atoms with Crippen molar-refractivity contribution in [3.63, 3.8) is 0 Å². The Morgan fingerprint density at radius 1 is 1.60 bits per heavy atom. The van der Waals surface area contributed by atoms with Crippen LogP contribution in [-0.4, -0.2) is 0 Å². The summed E-state index contributed by atoms with van der Waals surface area (Å²) in [5, 5.41) is 0. The third-order valence-corrected chi connectivity index (χ3v) is 0.793. The van der Waals surface area contributed by atoms with E-state index in [1.165, 1.54) is 6.08 Å².